The Kier molecular flexibility index (Phi) is 12.1. The van der Waals surface area contributed by atoms with Crippen LogP contribution in [-0.4, -0.2) is 101 Å². The van der Waals surface area contributed by atoms with E-state index in [-0.39, 0.29) is 17.4 Å². The number of nitrogens with two attached hydrogens (primary N) is 1. The summed E-state index contributed by atoms with van der Waals surface area (Å²) in [6.07, 6.45) is 5.62. The van der Waals surface area contributed by atoms with E-state index in [4.69, 9.17) is 10.8 Å². The summed E-state index contributed by atoms with van der Waals surface area (Å²) < 4.78 is 0. The molecular formula is C34H39N7O5S2. The normalized spacial score (nSPS) is 14.7. The van der Waals surface area contributed by atoms with Crippen LogP contribution in [0.2, 0.25) is 0 Å². The third kappa shape index (κ3) is 9.61. The highest BCUT2D eigenvalue weighted by molar-refractivity contribution is 7.13. The van der Waals surface area contributed by atoms with E-state index in [1.165, 1.54) is 0 Å². The van der Waals surface area contributed by atoms with Gasteiger partial charge in [0.15, 0.2) is 10.3 Å². The molecule has 6 rings (SSSR count). The molecule has 48 heavy (non-hydrogen) atoms. The van der Waals surface area contributed by atoms with Crippen molar-refractivity contribution in [2.45, 2.75) is 25.7 Å². The molecule has 252 valence electrons. The van der Waals surface area contributed by atoms with Crippen molar-refractivity contribution < 1.29 is 24.3 Å². The van der Waals surface area contributed by atoms with Gasteiger partial charge in [0, 0.05) is 93.9 Å². The number of thiazole rings is 2. The number of primary amides is 1. The minimum atomic E-state index is -0.943. The van der Waals surface area contributed by atoms with Gasteiger partial charge in [-0.15, -0.1) is 22.7 Å². The summed E-state index contributed by atoms with van der Waals surface area (Å²) in [6, 6.07) is 13.9. The van der Waals surface area contributed by atoms with E-state index in [0.717, 1.165) is 60.7 Å². The zero-order valence-electron chi connectivity index (χ0n) is 26.6. The maximum Gasteiger partial charge on any atom is 0.335 e. The molecular weight excluding hydrogens is 651 g/mol. The van der Waals surface area contributed by atoms with Crippen LogP contribution in [0.1, 0.15) is 44.7 Å². The summed E-state index contributed by atoms with van der Waals surface area (Å²) in [4.78, 5) is 63.7. The molecule has 2 aromatic heterocycles. The molecule has 4 aromatic rings. The summed E-state index contributed by atoms with van der Waals surface area (Å²) in [7, 11) is 0. The van der Waals surface area contributed by atoms with Gasteiger partial charge in [0.05, 0.1) is 5.56 Å². The van der Waals surface area contributed by atoms with E-state index in [1.54, 1.807) is 71.5 Å². The molecule has 0 saturated carbocycles. The van der Waals surface area contributed by atoms with Gasteiger partial charge in [-0.3, -0.25) is 14.4 Å². The van der Waals surface area contributed by atoms with Crippen molar-refractivity contribution in [1.82, 2.24) is 19.8 Å². The van der Waals surface area contributed by atoms with E-state index in [1.807, 2.05) is 32.7 Å². The number of aromatic carboxylic acids is 1. The van der Waals surface area contributed by atoms with E-state index in [9.17, 15) is 19.2 Å². The van der Waals surface area contributed by atoms with Crippen LogP contribution in [0.4, 0.5) is 10.3 Å². The summed E-state index contributed by atoms with van der Waals surface area (Å²) in [5.74, 6) is -1.12. The third-order valence-corrected chi connectivity index (χ3v) is 9.95. The Labute approximate surface area is 287 Å². The average molecular weight is 690 g/mol. The maximum atomic E-state index is 12.4. The van der Waals surface area contributed by atoms with Gasteiger partial charge < -0.3 is 30.4 Å². The van der Waals surface area contributed by atoms with E-state index < -0.39 is 11.9 Å². The van der Waals surface area contributed by atoms with Gasteiger partial charge in [0.1, 0.15) is 0 Å². The van der Waals surface area contributed by atoms with Crippen LogP contribution < -0.4 is 15.5 Å². The van der Waals surface area contributed by atoms with E-state index in [2.05, 4.69) is 19.8 Å². The van der Waals surface area contributed by atoms with Crippen LogP contribution >= 0.6 is 22.7 Å². The maximum absolute atomic E-state index is 12.4. The number of benzene rings is 2. The molecule has 0 unspecified atom stereocenters. The Morgan fingerprint density at radius 1 is 0.667 bits per heavy atom. The first kappa shape index (κ1) is 34.5. The Morgan fingerprint density at radius 3 is 1.50 bits per heavy atom. The molecule has 4 heterocycles. The number of aromatic nitrogens is 2. The molecule has 2 fully saturated rings. The van der Waals surface area contributed by atoms with Crippen LogP contribution in [0.5, 0.6) is 0 Å². The first-order chi connectivity index (χ1) is 23.3. The number of carbonyl (C=O) groups excluding carboxylic acids is 3. The predicted molar refractivity (Wildman–Crippen MR) is 187 cm³/mol. The minimum Gasteiger partial charge on any atom is -0.478 e. The topological polar surface area (TPSA) is 153 Å². The molecule has 2 aliphatic rings. The second-order valence-corrected chi connectivity index (χ2v) is 13.2. The number of carbonyl (C=O) groups is 4. The highest BCUT2D eigenvalue weighted by Crippen LogP contribution is 2.21. The van der Waals surface area contributed by atoms with E-state index in [0.29, 0.717) is 44.3 Å². The number of carboxylic acids is 1. The van der Waals surface area contributed by atoms with Gasteiger partial charge in [0.2, 0.25) is 17.7 Å². The summed E-state index contributed by atoms with van der Waals surface area (Å²) in [6.45, 7) is 6.08. The number of piperazine rings is 2. The molecule has 0 spiro atoms. The van der Waals surface area contributed by atoms with Gasteiger partial charge >= 0.3 is 5.97 Å². The number of aryl methyl sites for hydroxylation is 2. The van der Waals surface area contributed by atoms with Gasteiger partial charge in [-0.05, 0) is 48.2 Å². The largest absolute Gasteiger partial charge is 0.478 e. The first-order valence-electron chi connectivity index (χ1n) is 15.8. The molecule has 0 atom stereocenters. The van der Waals surface area contributed by atoms with Crippen molar-refractivity contribution in [3.05, 3.63) is 93.9 Å². The van der Waals surface area contributed by atoms with Gasteiger partial charge in [-0.25, -0.2) is 14.8 Å². The van der Waals surface area contributed by atoms with Crippen molar-refractivity contribution in [2.24, 2.45) is 5.73 Å². The molecule has 0 radical (unpaired) electrons. The van der Waals surface area contributed by atoms with Crippen molar-refractivity contribution in [2.75, 3.05) is 62.2 Å². The molecule has 2 saturated heterocycles. The molecule has 12 nitrogen and oxygen atoms in total. The van der Waals surface area contributed by atoms with Crippen molar-refractivity contribution in [1.29, 1.82) is 0 Å². The van der Waals surface area contributed by atoms with Crippen LogP contribution in [0.15, 0.2) is 71.7 Å². The predicted octanol–water partition coefficient (Wildman–Crippen LogP) is 3.65. The number of rotatable bonds is 10. The zero-order valence-corrected chi connectivity index (χ0v) is 28.2. The van der Waals surface area contributed by atoms with Crippen molar-refractivity contribution in [3.63, 3.8) is 0 Å². The van der Waals surface area contributed by atoms with Crippen LogP contribution in [0, 0.1) is 0 Å². The smallest absolute Gasteiger partial charge is 0.335 e. The minimum absolute atomic E-state index is 0.120. The highest BCUT2D eigenvalue weighted by atomic mass is 32.1. The first-order valence-corrected chi connectivity index (χ1v) is 17.6. The van der Waals surface area contributed by atoms with Crippen LogP contribution in [-0.2, 0) is 22.4 Å². The molecule has 2 aromatic carbocycles. The molecule has 0 aliphatic carbocycles. The second-order valence-electron chi connectivity index (χ2n) is 11.4. The van der Waals surface area contributed by atoms with Gasteiger partial charge in [0.25, 0.3) is 0 Å². The number of carboxylic acid groups (broad SMARTS) is 1. The second kappa shape index (κ2) is 16.8. The lowest BCUT2D eigenvalue weighted by atomic mass is 10.1. The Balaban J connectivity index is 0.000000188. The Morgan fingerprint density at radius 2 is 1.10 bits per heavy atom. The lowest BCUT2D eigenvalue weighted by Crippen LogP contribution is -2.48. The number of anilines is 2. The molecule has 2 aliphatic heterocycles. The number of hydrogen-bond donors (Lipinski definition) is 2. The zero-order chi connectivity index (χ0) is 33.9. The van der Waals surface area contributed by atoms with Gasteiger partial charge in [-0.2, -0.15) is 0 Å². The third-order valence-electron chi connectivity index (χ3n) is 8.28. The monoisotopic (exact) mass is 689 g/mol. The fourth-order valence-corrected chi connectivity index (χ4v) is 6.99. The standard InChI is InChI=1S/C17H20N4O2S.C17H19N3O3S/c18-16(23)14-3-1-2-13(12-14)4-5-15(22)20-7-9-21(10-8-20)17-19-6-11-24-17;21-15(5-4-13-2-1-3-14(12-13)16(22)23)19-7-9-20(10-8-19)17-18-6-11-24-17/h1-3,6,11-12H,4-5,7-10H2,(H2,18,23);1-3,6,11-12H,4-5,7-10H2,(H,22,23). The average Bonchev–Trinajstić information content (AvgIpc) is 3.86. The van der Waals surface area contributed by atoms with Gasteiger partial charge in [-0.1, -0.05) is 24.3 Å². The number of amides is 3. The fourth-order valence-electron chi connectivity index (χ4n) is 5.60. The summed E-state index contributed by atoms with van der Waals surface area (Å²) >= 11 is 3.24. The lowest BCUT2D eigenvalue weighted by Gasteiger charge is -2.34. The Hall–Kier alpha value is -4.82. The summed E-state index contributed by atoms with van der Waals surface area (Å²) in [5.41, 5.74) is 7.87. The molecule has 3 N–H and O–H groups in total. The molecule has 0 bridgehead atoms. The highest BCUT2D eigenvalue weighted by Gasteiger charge is 2.23. The lowest BCUT2D eigenvalue weighted by molar-refractivity contribution is -0.132. The van der Waals surface area contributed by atoms with Crippen LogP contribution in [0.3, 0.4) is 0 Å². The number of hydrogen-bond acceptors (Lipinski definition) is 10. The van der Waals surface area contributed by atoms with Crippen molar-refractivity contribution in [3.8, 4) is 0 Å². The summed E-state index contributed by atoms with van der Waals surface area (Å²) in [5, 5.41) is 15.0. The van der Waals surface area contributed by atoms with Crippen LogP contribution in [0.25, 0.3) is 0 Å². The molecule has 14 heteroatoms. The number of nitrogens with zero attached hydrogens (tertiary/aromatic N) is 6. The SMILES string of the molecule is NC(=O)c1cccc(CCC(=O)N2CCN(c3nccs3)CC2)c1.O=C(O)c1cccc(CCC(=O)N2CCN(c3nccs3)CC2)c1. The van der Waals surface area contributed by atoms with E-state index >= 15 is 0 Å². The molecule has 3 amide bonds. The quantitative estimate of drug-likeness (QED) is 0.254. The van der Waals surface area contributed by atoms with Crippen molar-refractivity contribution >= 4 is 56.6 Å². The fraction of sp³-hybridized carbons (Fsp3) is 0.353. The Bertz CT molecular complexity index is 1540.